The van der Waals surface area contributed by atoms with Gasteiger partial charge in [-0.15, -0.1) is 10.2 Å². The minimum Gasteiger partial charge on any atom is -0.293 e. The molecule has 3 rings (SSSR count). The molecule has 5 heteroatoms. The zero-order valence-corrected chi connectivity index (χ0v) is 16.4. The number of rotatable bonds is 6. The van der Waals surface area contributed by atoms with E-state index in [2.05, 4.69) is 49.2 Å². The van der Waals surface area contributed by atoms with Crippen LogP contribution >= 0.6 is 11.8 Å². The fraction of sp³-hybridized carbons (Fsp3) is 0.286. The van der Waals surface area contributed by atoms with Crippen LogP contribution in [0.25, 0.3) is 5.69 Å². The van der Waals surface area contributed by atoms with Crippen LogP contribution in [-0.2, 0) is 6.42 Å². The number of carbonyl (C=O) groups is 1. The summed E-state index contributed by atoms with van der Waals surface area (Å²) < 4.78 is 1.95. The number of benzene rings is 2. The van der Waals surface area contributed by atoms with E-state index in [1.807, 2.05) is 35.8 Å². The van der Waals surface area contributed by atoms with Gasteiger partial charge < -0.3 is 0 Å². The van der Waals surface area contributed by atoms with Crippen molar-refractivity contribution in [3.05, 3.63) is 71.0 Å². The number of nitrogens with zero attached hydrogens (tertiary/aromatic N) is 3. The number of ketones is 1. The van der Waals surface area contributed by atoms with Gasteiger partial charge >= 0.3 is 0 Å². The molecular weight excluding hydrogens is 342 g/mol. The smallest absolute Gasteiger partial charge is 0.196 e. The number of hydrogen-bond donors (Lipinski definition) is 0. The maximum atomic E-state index is 12.8. The van der Waals surface area contributed by atoms with Crippen molar-refractivity contribution in [3.8, 4) is 5.69 Å². The maximum Gasteiger partial charge on any atom is 0.196 e. The normalized spacial score (nSPS) is 12.2. The zero-order chi connectivity index (χ0) is 18.7. The summed E-state index contributed by atoms with van der Waals surface area (Å²) in [6.45, 7) is 8.17. The van der Waals surface area contributed by atoms with Gasteiger partial charge in [-0.1, -0.05) is 60.6 Å². The van der Waals surface area contributed by atoms with Crippen molar-refractivity contribution in [2.75, 3.05) is 0 Å². The molecule has 26 heavy (non-hydrogen) atoms. The standard InChI is InChI=1S/C21H23N3OS/c1-5-17-7-9-18(10-8-17)20(25)16(4)26-21-23-22-13-24(21)19-11-6-14(2)12-15(19)3/h6-13,16H,5H2,1-4H3. The summed E-state index contributed by atoms with van der Waals surface area (Å²) in [5.74, 6) is 0.104. The van der Waals surface area contributed by atoms with E-state index in [1.54, 1.807) is 6.33 Å². The topological polar surface area (TPSA) is 47.8 Å². The third kappa shape index (κ3) is 3.88. The average molecular weight is 366 g/mol. The van der Waals surface area contributed by atoms with Gasteiger partial charge in [0.15, 0.2) is 10.9 Å². The highest BCUT2D eigenvalue weighted by atomic mass is 32.2. The first-order valence-electron chi connectivity index (χ1n) is 8.77. The number of carbonyl (C=O) groups excluding carboxylic acids is 1. The Kier molecular flexibility index (Phi) is 5.57. The van der Waals surface area contributed by atoms with Gasteiger partial charge in [0.2, 0.25) is 0 Å². The lowest BCUT2D eigenvalue weighted by Gasteiger charge is -2.13. The molecule has 0 radical (unpaired) electrons. The first-order chi connectivity index (χ1) is 12.5. The highest BCUT2D eigenvalue weighted by Crippen LogP contribution is 2.27. The lowest BCUT2D eigenvalue weighted by molar-refractivity contribution is 0.0994. The molecule has 1 heterocycles. The van der Waals surface area contributed by atoms with Crippen molar-refractivity contribution in [1.82, 2.24) is 14.8 Å². The summed E-state index contributed by atoms with van der Waals surface area (Å²) in [5.41, 5.74) is 5.37. The van der Waals surface area contributed by atoms with Crippen molar-refractivity contribution in [1.29, 1.82) is 0 Å². The molecule has 0 saturated carbocycles. The lowest BCUT2D eigenvalue weighted by atomic mass is 10.1. The minimum atomic E-state index is -0.240. The number of Topliss-reactive ketones (excluding diaryl/α,β-unsaturated/α-hetero) is 1. The first-order valence-corrected chi connectivity index (χ1v) is 9.65. The second-order valence-electron chi connectivity index (χ2n) is 6.45. The molecule has 0 aliphatic heterocycles. The first kappa shape index (κ1) is 18.4. The zero-order valence-electron chi connectivity index (χ0n) is 15.6. The van der Waals surface area contributed by atoms with Crippen LogP contribution in [0.15, 0.2) is 53.9 Å². The summed E-state index contributed by atoms with van der Waals surface area (Å²) in [6, 6.07) is 14.1. The van der Waals surface area contributed by atoms with E-state index >= 15 is 0 Å². The number of aryl methyl sites for hydroxylation is 3. The van der Waals surface area contributed by atoms with Gasteiger partial charge in [0.1, 0.15) is 6.33 Å². The SMILES string of the molecule is CCc1ccc(C(=O)C(C)Sc2nncn2-c2ccc(C)cc2C)cc1. The van der Waals surface area contributed by atoms with Crippen LogP contribution in [0.5, 0.6) is 0 Å². The fourth-order valence-corrected chi connectivity index (χ4v) is 3.81. The molecule has 0 bridgehead atoms. The predicted octanol–water partition coefficient (Wildman–Crippen LogP) is 4.81. The van der Waals surface area contributed by atoms with E-state index in [0.29, 0.717) is 0 Å². The van der Waals surface area contributed by atoms with Crippen LogP contribution in [0.2, 0.25) is 0 Å². The molecule has 0 N–H and O–H groups in total. The molecular formula is C21H23N3OS. The van der Waals surface area contributed by atoms with E-state index in [1.165, 1.54) is 22.9 Å². The Bertz CT molecular complexity index is 915. The van der Waals surface area contributed by atoms with Crippen LogP contribution in [0.4, 0.5) is 0 Å². The second kappa shape index (κ2) is 7.87. The molecule has 0 amide bonds. The molecule has 1 atom stereocenters. The molecule has 0 aliphatic carbocycles. The Morgan fingerprint density at radius 3 is 2.54 bits per heavy atom. The van der Waals surface area contributed by atoms with Crippen molar-refractivity contribution in [2.24, 2.45) is 0 Å². The van der Waals surface area contributed by atoms with Gasteiger partial charge in [-0.2, -0.15) is 0 Å². The number of hydrogen-bond acceptors (Lipinski definition) is 4. The monoisotopic (exact) mass is 365 g/mol. The molecule has 0 fully saturated rings. The molecule has 0 saturated heterocycles. The minimum absolute atomic E-state index is 0.104. The molecule has 4 nitrogen and oxygen atoms in total. The van der Waals surface area contributed by atoms with Gasteiger partial charge in [0.05, 0.1) is 10.9 Å². The predicted molar refractivity (Wildman–Crippen MR) is 106 cm³/mol. The average Bonchev–Trinajstić information content (AvgIpc) is 3.09. The molecule has 0 aliphatic rings. The largest absolute Gasteiger partial charge is 0.293 e. The molecule has 3 aromatic rings. The Morgan fingerprint density at radius 1 is 1.15 bits per heavy atom. The van der Waals surface area contributed by atoms with Crippen LogP contribution in [0, 0.1) is 13.8 Å². The third-order valence-corrected chi connectivity index (χ3v) is 5.48. The summed E-state index contributed by atoms with van der Waals surface area (Å²) in [4.78, 5) is 12.8. The molecule has 1 unspecified atom stereocenters. The lowest BCUT2D eigenvalue weighted by Crippen LogP contribution is -2.14. The number of aromatic nitrogens is 3. The summed E-state index contributed by atoms with van der Waals surface area (Å²) in [6.07, 6.45) is 2.67. The summed E-state index contributed by atoms with van der Waals surface area (Å²) >= 11 is 1.44. The van der Waals surface area contributed by atoms with Gasteiger partial charge in [-0.05, 0) is 44.4 Å². The van der Waals surface area contributed by atoms with Crippen LogP contribution in [0.3, 0.4) is 0 Å². The van der Waals surface area contributed by atoms with Crippen LogP contribution in [0.1, 0.15) is 40.9 Å². The van der Waals surface area contributed by atoms with E-state index in [0.717, 1.165) is 28.4 Å². The fourth-order valence-electron chi connectivity index (χ4n) is 2.90. The third-order valence-electron chi connectivity index (χ3n) is 4.43. The van der Waals surface area contributed by atoms with Crippen molar-refractivity contribution in [3.63, 3.8) is 0 Å². The van der Waals surface area contributed by atoms with Crippen molar-refractivity contribution in [2.45, 2.75) is 44.5 Å². The molecule has 0 spiro atoms. The van der Waals surface area contributed by atoms with Gasteiger partial charge in [-0.3, -0.25) is 9.36 Å². The number of thioether (sulfide) groups is 1. The van der Waals surface area contributed by atoms with Gasteiger partial charge in [-0.25, -0.2) is 0 Å². The Balaban J connectivity index is 1.80. The van der Waals surface area contributed by atoms with E-state index in [4.69, 9.17) is 0 Å². The Labute approximate surface area is 158 Å². The molecule has 1 aromatic heterocycles. The highest BCUT2D eigenvalue weighted by Gasteiger charge is 2.20. The van der Waals surface area contributed by atoms with E-state index in [9.17, 15) is 4.79 Å². The Hall–Kier alpha value is -2.40. The van der Waals surface area contributed by atoms with E-state index in [-0.39, 0.29) is 11.0 Å². The van der Waals surface area contributed by atoms with E-state index < -0.39 is 0 Å². The van der Waals surface area contributed by atoms with Crippen molar-refractivity contribution < 1.29 is 4.79 Å². The highest BCUT2D eigenvalue weighted by molar-refractivity contribution is 8.00. The second-order valence-corrected chi connectivity index (χ2v) is 7.76. The molecule has 2 aromatic carbocycles. The summed E-state index contributed by atoms with van der Waals surface area (Å²) in [5, 5.41) is 8.76. The molecule has 134 valence electrons. The Morgan fingerprint density at radius 2 is 1.88 bits per heavy atom. The maximum absolute atomic E-state index is 12.8. The van der Waals surface area contributed by atoms with Crippen LogP contribution in [-0.4, -0.2) is 25.8 Å². The van der Waals surface area contributed by atoms with Crippen LogP contribution < -0.4 is 0 Å². The van der Waals surface area contributed by atoms with Gasteiger partial charge in [0.25, 0.3) is 0 Å². The quantitative estimate of drug-likeness (QED) is 0.464. The van der Waals surface area contributed by atoms with Gasteiger partial charge in [0, 0.05) is 5.56 Å². The summed E-state index contributed by atoms with van der Waals surface area (Å²) in [7, 11) is 0. The van der Waals surface area contributed by atoms with Crippen molar-refractivity contribution >= 4 is 17.5 Å².